The molecule has 0 unspecified atom stereocenters. The summed E-state index contributed by atoms with van der Waals surface area (Å²) in [5, 5.41) is 3.93. The second-order valence-corrected chi connectivity index (χ2v) is 4.92. The Bertz CT molecular complexity index is 528. The average molecular weight is 276 g/mol. The fourth-order valence-electron chi connectivity index (χ4n) is 2.08. The maximum Gasteiger partial charge on any atom is 0.0598 e. The number of hydrogen-bond acceptors (Lipinski definition) is 3. The molecule has 0 atom stereocenters. The number of halogens is 1. The van der Waals surface area contributed by atoms with Crippen LogP contribution in [0, 0.1) is 0 Å². The van der Waals surface area contributed by atoms with E-state index < -0.39 is 0 Å². The third-order valence-electron chi connectivity index (χ3n) is 2.95. The summed E-state index contributed by atoms with van der Waals surface area (Å²) in [5.74, 6) is 0. The zero-order valence-electron chi connectivity index (χ0n) is 11.2. The smallest absolute Gasteiger partial charge is 0.0598 e. The standard InChI is InChI=1S/C15H18ClN3/c1-17-10-12-9-13(16)6-7-15(12)19(2)11-14-5-3-4-8-18-14/h3-9,17H,10-11H2,1-2H3. The van der Waals surface area contributed by atoms with Crippen LogP contribution in [0.2, 0.25) is 5.02 Å². The molecule has 1 heterocycles. The highest BCUT2D eigenvalue weighted by molar-refractivity contribution is 6.30. The Balaban J connectivity index is 2.20. The minimum atomic E-state index is 0.764. The molecule has 0 bridgehead atoms. The third kappa shape index (κ3) is 3.69. The van der Waals surface area contributed by atoms with E-state index in [0.717, 1.165) is 23.8 Å². The Morgan fingerprint density at radius 1 is 1.26 bits per heavy atom. The number of benzene rings is 1. The van der Waals surface area contributed by atoms with Crippen LogP contribution in [0.1, 0.15) is 11.3 Å². The molecule has 2 rings (SSSR count). The summed E-state index contributed by atoms with van der Waals surface area (Å²) in [6.07, 6.45) is 1.82. The molecule has 0 fully saturated rings. The van der Waals surface area contributed by atoms with Crippen LogP contribution in [0.3, 0.4) is 0 Å². The first-order valence-corrected chi connectivity index (χ1v) is 6.62. The van der Waals surface area contributed by atoms with E-state index in [0.29, 0.717) is 0 Å². The van der Waals surface area contributed by atoms with E-state index in [1.54, 1.807) is 0 Å². The molecule has 0 aliphatic carbocycles. The molecule has 1 aromatic carbocycles. The van der Waals surface area contributed by atoms with Gasteiger partial charge in [-0.2, -0.15) is 0 Å². The molecule has 0 amide bonds. The SMILES string of the molecule is CNCc1cc(Cl)ccc1N(C)Cc1ccccn1. The van der Waals surface area contributed by atoms with Crippen molar-refractivity contribution in [3.63, 3.8) is 0 Å². The van der Waals surface area contributed by atoms with Crippen molar-refractivity contribution in [3.8, 4) is 0 Å². The lowest BCUT2D eigenvalue weighted by Gasteiger charge is -2.22. The van der Waals surface area contributed by atoms with Gasteiger partial charge in [0.2, 0.25) is 0 Å². The van der Waals surface area contributed by atoms with Gasteiger partial charge in [-0.15, -0.1) is 0 Å². The number of nitrogens with one attached hydrogen (secondary N) is 1. The maximum atomic E-state index is 6.06. The van der Waals surface area contributed by atoms with Crippen LogP contribution in [-0.4, -0.2) is 19.1 Å². The summed E-state index contributed by atoms with van der Waals surface area (Å²) in [6, 6.07) is 11.9. The van der Waals surface area contributed by atoms with Gasteiger partial charge >= 0.3 is 0 Å². The topological polar surface area (TPSA) is 28.2 Å². The van der Waals surface area contributed by atoms with Gasteiger partial charge in [0.15, 0.2) is 0 Å². The van der Waals surface area contributed by atoms with Gasteiger partial charge in [-0.25, -0.2) is 0 Å². The molecule has 1 N–H and O–H groups in total. The maximum absolute atomic E-state index is 6.06. The predicted octanol–water partition coefficient (Wildman–Crippen LogP) is 3.09. The second kappa shape index (κ2) is 6.55. The Morgan fingerprint density at radius 3 is 2.79 bits per heavy atom. The lowest BCUT2D eigenvalue weighted by atomic mass is 10.1. The molecule has 4 heteroatoms. The minimum Gasteiger partial charge on any atom is -0.368 e. The number of hydrogen-bond donors (Lipinski definition) is 1. The third-order valence-corrected chi connectivity index (χ3v) is 3.18. The van der Waals surface area contributed by atoms with Gasteiger partial charge in [0.1, 0.15) is 0 Å². The molecule has 100 valence electrons. The molecule has 0 saturated heterocycles. The van der Waals surface area contributed by atoms with Crippen LogP contribution >= 0.6 is 11.6 Å². The quantitative estimate of drug-likeness (QED) is 0.909. The van der Waals surface area contributed by atoms with Crippen molar-refractivity contribution in [2.45, 2.75) is 13.1 Å². The van der Waals surface area contributed by atoms with E-state index in [2.05, 4.69) is 28.3 Å². The van der Waals surface area contributed by atoms with Crippen molar-refractivity contribution in [3.05, 3.63) is 58.9 Å². The molecule has 3 nitrogen and oxygen atoms in total. The van der Waals surface area contributed by atoms with Crippen LogP contribution in [0.4, 0.5) is 5.69 Å². The lowest BCUT2D eigenvalue weighted by Crippen LogP contribution is -2.20. The van der Waals surface area contributed by atoms with Crippen molar-refractivity contribution in [2.75, 3.05) is 19.0 Å². The van der Waals surface area contributed by atoms with Crippen LogP contribution in [0.5, 0.6) is 0 Å². The number of nitrogens with zero attached hydrogens (tertiary/aromatic N) is 2. The summed E-state index contributed by atoms with van der Waals surface area (Å²) < 4.78 is 0. The number of rotatable bonds is 5. The van der Waals surface area contributed by atoms with Crippen molar-refractivity contribution < 1.29 is 0 Å². The molecule has 0 spiro atoms. The van der Waals surface area contributed by atoms with Gasteiger partial charge in [0.25, 0.3) is 0 Å². The van der Waals surface area contributed by atoms with Gasteiger partial charge in [-0.1, -0.05) is 17.7 Å². The Labute approximate surface area is 119 Å². The number of aromatic nitrogens is 1. The molecule has 19 heavy (non-hydrogen) atoms. The van der Waals surface area contributed by atoms with E-state index in [1.807, 2.05) is 43.6 Å². The highest BCUT2D eigenvalue weighted by atomic mass is 35.5. The summed E-state index contributed by atoms with van der Waals surface area (Å²) >= 11 is 6.06. The average Bonchev–Trinajstić information content (AvgIpc) is 2.40. The number of anilines is 1. The Kier molecular flexibility index (Phi) is 4.77. The van der Waals surface area contributed by atoms with Crippen LogP contribution < -0.4 is 10.2 Å². The zero-order chi connectivity index (χ0) is 13.7. The summed E-state index contributed by atoms with van der Waals surface area (Å²) in [7, 11) is 4.00. The molecule has 0 aliphatic heterocycles. The fraction of sp³-hybridized carbons (Fsp3) is 0.267. The molecule has 1 aromatic heterocycles. The van der Waals surface area contributed by atoms with Crippen molar-refractivity contribution in [1.29, 1.82) is 0 Å². The molecule has 0 aliphatic rings. The lowest BCUT2D eigenvalue weighted by molar-refractivity contribution is 0.802. The fourth-order valence-corrected chi connectivity index (χ4v) is 2.27. The van der Waals surface area contributed by atoms with E-state index >= 15 is 0 Å². The van der Waals surface area contributed by atoms with E-state index in [-0.39, 0.29) is 0 Å². The monoisotopic (exact) mass is 275 g/mol. The van der Waals surface area contributed by atoms with Gasteiger partial charge in [-0.3, -0.25) is 4.98 Å². The first kappa shape index (κ1) is 13.8. The van der Waals surface area contributed by atoms with E-state index in [4.69, 9.17) is 11.6 Å². The summed E-state index contributed by atoms with van der Waals surface area (Å²) in [6.45, 7) is 1.57. The van der Waals surface area contributed by atoms with Gasteiger partial charge in [-0.05, 0) is 42.9 Å². The highest BCUT2D eigenvalue weighted by Crippen LogP contribution is 2.24. The summed E-state index contributed by atoms with van der Waals surface area (Å²) in [4.78, 5) is 6.54. The first-order valence-electron chi connectivity index (χ1n) is 6.25. The largest absolute Gasteiger partial charge is 0.368 e. The van der Waals surface area contributed by atoms with Crippen molar-refractivity contribution in [2.24, 2.45) is 0 Å². The predicted molar refractivity (Wildman–Crippen MR) is 80.6 cm³/mol. The zero-order valence-corrected chi connectivity index (χ0v) is 12.0. The van der Waals surface area contributed by atoms with Crippen molar-refractivity contribution in [1.82, 2.24) is 10.3 Å². The van der Waals surface area contributed by atoms with Gasteiger partial charge in [0.05, 0.1) is 12.2 Å². The molecule has 0 saturated carbocycles. The van der Waals surface area contributed by atoms with Crippen LogP contribution in [-0.2, 0) is 13.1 Å². The normalized spacial score (nSPS) is 10.5. The Hall–Kier alpha value is -1.58. The van der Waals surface area contributed by atoms with Crippen LogP contribution in [0.15, 0.2) is 42.6 Å². The number of pyridine rings is 1. The van der Waals surface area contributed by atoms with Crippen molar-refractivity contribution >= 4 is 17.3 Å². The minimum absolute atomic E-state index is 0.764. The molecular formula is C15H18ClN3. The Morgan fingerprint density at radius 2 is 2.11 bits per heavy atom. The molecule has 0 radical (unpaired) electrons. The highest BCUT2D eigenvalue weighted by Gasteiger charge is 2.08. The van der Waals surface area contributed by atoms with E-state index in [1.165, 1.54) is 11.3 Å². The summed E-state index contributed by atoms with van der Waals surface area (Å²) in [5.41, 5.74) is 3.41. The molecular weight excluding hydrogens is 258 g/mol. The first-order chi connectivity index (χ1) is 9.20. The van der Waals surface area contributed by atoms with Gasteiger partial charge in [0, 0.05) is 30.5 Å². The second-order valence-electron chi connectivity index (χ2n) is 4.48. The molecule has 2 aromatic rings. The van der Waals surface area contributed by atoms with Gasteiger partial charge < -0.3 is 10.2 Å². The van der Waals surface area contributed by atoms with E-state index in [9.17, 15) is 0 Å². The van der Waals surface area contributed by atoms with Crippen LogP contribution in [0.25, 0.3) is 0 Å².